The van der Waals surface area contributed by atoms with Gasteiger partial charge in [0, 0.05) is 25.6 Å². The van der Waals surface area contributed by atoms with Crippen LogP contribution in [0.2, 0.25) is 0 Å². The molecule has 1 unspecified atom stereocenters. The van der Waals surface area contributed by atoms with E-state index in [2.05, 4.69) is 5.32 Å². The lowest BCUT2D eigenvalue weighted by Gasteiger charge is -2.20. The number of amides is 1. The molecule has 1 aliphatic rings. The van der Waals surface area contributed by atoms with Crippen LogP contribution in [0.25, 0.3) is 0 Å². The molecule has 0 spiro atoms. The summed E-state index contributed by atoms with van der Waals surface area (Å²) in [6.45, 7) is 4.39. The zero-order valence-corrected chi connectivity index (χ0v) is 15.1. The van der Waals surface area contributed by atoms with Gasteiger partial charge in [-0.3, -0.25) is 4.79 Å². The van der Waals surface area contributed by atoms with E-state index in [1.54, 1.807) is 18.2 Å². The maximum absolute atomic E-state index is 12.0. The first-order valence-corrected chi connectivity index (χ1v) is 9.77. The molecule has 1 amide bonds. The highest BCUT2D eigenvalue weighted by Gasteiger charge is 2.20. The first-order valence-electron chi connectivity index (χ1n) is 7.92. The van der Waals surface area contributed by atoms with Gasteiger partial charge in [0.15, 0.2) is 11.5 Å². The fourth-order valence-electron chi connectivity index (χ4n) is 2.28. The minimum absolute atomic E-state index is 0.0815. The van der Waals surface area contributed by atoms with Crippen LogP contribution in [0.15, 0.2) is 18.2 Å². The van der Waals surface area contributed by atoms with Gasteiger partial charge in [0.1, 0.15) is 0 Å². The van der Waals surface area contributed by atoms with Gasteiger partial charge in [-0.15, -0.1) is 0 Å². The Balaban J connectivity index is 2.00. The number of carbonyl (C=O) groups excluding carboxylic acids is 1. The molecule has 134 valence electrons. The third kappa shape index (κ3) is 5.10. The number of carbonyl (C=O) groups is 1. The molecule has 7 nitrogen and oxygen atoms in total. The lowest BCUT2D eigenvalue weighted by atomic mass is 10.2. The van der Waals surface area contributed by atoms with E-state index in [9.17, 15) is 13.2 Å². The first-order chi connectivity index (χ1) is 11.3. The molecule has 8 heteroatoms. The number of nitrogens with one attached hydrogen (secondary N) is 1. The number of rotatable bonds is 8. The monoisotopic (exact) mass is 356 g/mol. The van der Waals surface area contributed by atoms with Crippen molar-refractivity contribution in [3.05, 3.63) is 23.8 Å². The minimum Gasteiger partial charge on any atom is -0.454 e. The molecule has 1 aliphatic heterocycles. The molecule has 0 bridgehead atoms. The SMILES string of the molecule is CCC(C)NC(=O)CCN(Cc1ccc2c(c1)OCO2)S(C)(=O)=O. The number of sulfonamides is 1. The summed E-state index contributed by atoms with van der Waals surface area (Å²) in [6, 6.07) is 5.40. The number of fused-ring (bicyclic) bond motifs is 1. The van der Waals surface area contributed by atoms with Crippen molar-refractivity contribution in [2.75, 3.05) is 19.6 Å². The summed E-state index contributed by atoms with van der Waals surface area (Å²) in [5, 5.41) is 2.84. The molecule has 0 saturated heterocycles. The van der Waals surface area contributed by atoms with Crippen LogP contribution in [0.3, 0.4) is 0 Å². The molecule has 24 heavy (non-hydrogen) atoms. The Kier molecular flexibility index (Phi) is 6.06. The molecular weight excluding hydrogens is 332 g/mol. The summed E-state index contributed by atoms with van der Waals surface area (Å²) in [7, 11) is -3.43. The van der Waals surface area contributed by atoms with Gasteiger partial charge >= 0.3 is 0 Å². The number of hydrogen-bond donors (Lipinski definition) is 1. The van der Waals surface area contributed by atoms with Crippen LogP contribution >= 0.6 is 0 Å². The molecule has 0 aromatic heterocycles. The predicted molar refractivity (Wildman–Crippen MR) is 90.3 cm³/mol. The molecule has 0 saturated carbocycles. The Hall–Kier alpha value is -1.80. The summed E-state index contributed by atoms with van der Waals surface area (Å²) in [5.41, 5.74) is 0.784. The van der Waals surface area contributed by atoms with E-state index >= 15 is 0 Å². The van der Waals surface area contributed by atoms with E-state index < -0.39 is 10.0 Å². The highest BCUT2D eigenvalue weighted by atomic mass is 32.2. The summed E-state index contributed by atoms with van der Waals surface area (Å²) in [4.78, 5) is 11.9. The molecule has 1 heterocycles. The first kappa shape index (κ1) is 18.5. The van der Waals surface area contributed by atoms with Crippen LogP contribution in [0.1, 0.15) is 32.3 Å². The maximum Gasteiger partial charge on any atom is 0.231 e. The highest BCUT2D eigenvalue weighted by molar-refractivity contribution is 7.88. The fraction of sp³-hybridized carbons (Fsp3) is 0.562. The van der Waals surface area contributed by atoms with Crippen LogP contribution in [0.4, 0.5) is 0 Å². The molecule has 2 rings (SSSR count). The summed E-state index contributed by atoms with van der Waals surface area (Å²) >= 11 is 0. The van der Waals surface area contributed by atoms with Crippen molar-refractivity contribution in [1.29, 1.82) is 0 Å². The number of hydrogen-bond acceptors (Lipinski definition) is 5. The van der Waals surface area contributed by atoms with Crippen LogP contribution in [-0.4, -0.2) is 44.3 Å². The smallest absolute Gasteiger partial charge is 0.231 e. The van der Waals surface area contributed by atoms with Gasteiger partial charge < -0.3 is 14.8 Å². The molecule has 0 fully saturated rings. The summed E-state index contributed by atoms with van der Waals surface area (Å²) in [6.07, 6.45) is 2.10. The van der Waals surface area contributed by atoms with Gasteiger partial charge in [0.05, 0.1) is 6.26 Å². The van der Waals surface area contributed by atoms with Gasteiger partial charge in [-0.25, -0.2) is 8.42 Å². The van der Waals surface area contributed by atoms with Gasteiger partial charge in [0.2, 0.25) is 22.7 Å². The highest BCUT2D eigenvalue weighted by Crippen LogP contribution is 2.32. The number of ether oxygens (including phenoxy) is 2. The standard InChI is InChI=1S/C16H24N2O5S/c1-4-12(2)17-16(19)7-8-18(24(3,20)21)10-13-5-6-14-15(9-13)23-11-22-14/h5-6,9,12H,4,7-8,10-11H2,1-3H3,(H,17,19). The van der Waals surface area contributed by atoms with Gasteiger partial charge in [-0.2, -0.15) is 4.31 Å². The average molecular weight is 356 g/mol. The van der Waals surface area contributed by atoms with E-state index in [0.717, 1.165) is 18.2 Å². The van der Waals surface area contributed by atoms with E-state index in [-0.39, 0.29) is 38.3 Å². The van der Waals surface area contributed by atoms with Crippen molar-refractivity contribution >= 4 is 15.9 Å². The van der Waals surface area contributed by atoms with Crippen molar-refractivity contribution in [2.24, 2.45) is 0 Å². The predicted octanol–water partition coefficient (Wildman–Crippen LogP) is 1.48. The van der Waals surface area contributed by atoms with Gasteiger partial charge in [0.25, 0.3) is 0 Å². The molecule has 1 atom stereocenters. The largest absolute Gasteiger partial charge is 0.454 e. The molecule has 1 aromatic carbocycles. The topological polar surface area (TPSA) is 84.9 Å². The lowest BCUT2D eigenvalue weighted by Crippen LogP contribution is -2.37. The minimum atomic E-state index is -3.43. The van der Waals surface area contributed by atoms with Crippen LogP contribution < -0.4 is 14.8 Å². The molecular formula is C16H24N2O5S. The Morgan fingerprint density at radius 1 is 1.33 bits per heavy atom. The second-order valence-electron chi connectivity index (χ2n) is 5.91. The van der Waals surface area contributed by atoms with E-state index in [1.807, 2.05) is 13.8 Å². The molecule has 1 aromatic rings. The van der Waals surface area contributed by atoms with Crippen LogP contribution in [0, 0.1) is 0 Å². The summed E-state index contributed by atoms with van der Waals surface area (Å²) in [5.74, 6) is 1.11. The quantitative estimate of drug-likeness (QED) is 0.763. The zero-order valence-electron chi connectivity index (χ0n) is 14.2. The number of nitrogens with zero attached hydrogens (tertiary/aromatic N) is 1. The Bertz CT molecular complexity index is 690. The van der Waals surface area contributed by atoms with Gasteiger partial charge in [-0.05, 0) is 31.0 Å². The van der Waals surface area contributed by atoms with Crippen molar-refractivity contribution in [3.63, 3.8) is 0 Å². The Morgan fingerprint density at radius 3 is 2.71 bits per heavy atom. The fourth-order valence-corrected chi connectivity index (χ4v) is 3.09. The Labute approximate surface area is 143 Å². The third-order valence-electron chi connectivity index (χ3n) is 3.87. The average Bonchev–Trinajstić information content (AvgIpc) is 2.97. The lowest BCUT2D eigenvalue weighted by molar-refractivity contribution is -0.121. The number of benzene rings is 1. The maximum atomic E-state index is 12.0. The molecule has 0 radical (unpaired) electrons. The van der Waals surface area contributed by atoms with Gasteiger partial charge in [-0.1, -0.05) is 13.0 Å². The van der Waals surface area contributed by atoms with Crippen molar-refractivity contribution in [2.45, 2.75) is 39.3 Å². The molecule has 0 aliphatic carbocycles. The van der Waals surface area contributed by atoms with E-state index in [1.165, 1.54) is 4.31 Å². The molecule has 1 N–H and O–H groups in total. The van der Waals surface area contributed by atoms with E-state index in [0.29, 0.717) is 11.5 Å². The van der Waals surface area contributed by atoms with Crippen molar-refractivity contribution < 1.29 is 22.7 Å². The van der Waals surface area contributed by atoms with E-state index in [4.69, 9.17) is 9.47 Å². The van der Waals surface area contributed by atoms with Crippen LogP contribution in [0.5, 0.6) is 11.5 Å². The second-order valence-corrected chi connectivity index (χ2v) is 7.89. The van der Waals surface area contributed by atoms with Crippen molar-refractivity contribution in [3.8, 4) is 11.5 Å². The summed E-state index contributed by atoms with van der Waals surface area (Å²) < 4.78 is 35.8. The second kappa shape index (κ2) is 7.85. The van der Waals surface area contributed by atoms with Crippen molar-refractivity contribution in [1.82, 2.24) is 9.62 Å². The van der Waals surface area contributed by atoms with Crippen LogP contribution in [-0.2, 0) is 21.4 Å². The normalized spacial score (nSPS) is 14.7. The zero-order chi connectivity index (χ0) is 17.7. The third-order valence-corrected chi connectivity index (χ3v) is 5.12. The Morgan fingerprint density at radius 2 is 2.04 bits per heavy atom.